The maximum atomic E-state index is 10.2. The second-order valence-corrected chi connectivity index (χ2v) is 2.51. The molecule has 12 heavy (non-hydrogen) atoms. The van der Waals surface area contributed by atoms with Crippen molar-refractivity contribution in [3.63, 3.8) is 0 Å². The fourth-order valence-electron chi connectivity index (χ4n) is 0.946. The van der Waals surface area contributed by atoms with Gasteiger partial charge in [0.1, 0.15) is 0 Å². The van der Waals surface area contributed by atoms with Crippen molar-refractivity contribution < 1.29 is 9.90 Å². The van der Waals surface area contributed by atoms with Crippen LogP contribution in [-0.4, -0.2) is 20.9 Å². The Kier molecular flexibility index (Phi) is 2.28. The fourth-order valence-corrected chi connectivity index (χ4v) is 0.946. The molecule has 0 fully saturated rings. The summed E-state index contributed by atoms with van der Waals surface area (Å²) in [4.78, 5) is 10.2. The molecule has 1 N–H and O–H groups in total. The molecule has 0 amide bonds. The van der Waals surface area contributed by atoms with Crippen LogP contribution < -0.4 is 0 Å². The summed E-state index contributed by atoms with van der Waals surface area (Å²) in [7, 11) is 1.77. The molecule has 0 saturated heterocycles. The molecule has 0 spiro atoms. The third-order valence-corrected chi connectivity index (χ3v) is 1.56. The summed E-state index contributed by atoms with van der Waals surface area (Å²) < 4.78 is 1.63. The molecule has 1 aromatic heterocycles. The van der Waals surface area contributed by atoms with E-state index in [0.717, 1.165) is 17.3 Å². The highest BCUT2D eigenvalue weighted by molar-refractivity contribution is 5.85. The molecular weight excluding hydrogens is 156 g/mol. The van der Waals surface area contributed by atoms with Crippen LogP contribution in [0.25, 0.3) is 6.08 Å². The van der Waals surface area contributed by atoms with Crippen LogP contribution in [0.2, 0.25) is 0 Å². The van der Waals surface area contributed by atoms with Crippen LogP contribution in [0.15, 0.2) is 12.3 Å². The molecule has 0 aliphatic rings. The highest BCUT2D eigenvalue weighted by Gasteiger charge is 1.99. The molecule has 0 saturated carbocycles. The molecule has 4 heteroatoms. The average Bonchev–Trinajstić information content (AvgIpc) is 2.28. The van der Waals surface area contributed by atoms with Gasteiger partial charge in [-0.05, 0) is 18.6 Å². The van der Waals surface area contributed by atoms with E-state index in [1.165, 1.54) is 6.08 Å². The number of aryl methyl sites for hydroxylation is 2. The van der Waals surface area contributed by atoms with Crippen LogP contribution in [0.4, 0.5) is 0 Å². The lowest BCUT2D eigenvalue weighted by molar-refractivity contribution is -0.131. The van der Waals surface area contributed by atoms with E-state index in [0.29, 0.717) is 0 Å². The Labute approximate surface area is 70.1 Å². The fraction of sp³-hybridized carbons (Fsp3) is 0.250. The minimum Gasteiger partial charge on any atom is -0.478 e. The molecule has 0 bridgehead atoms. The minimum atomic E-state index is -0.949. The number of aliphatic carboxylic acids is 1. The first-order chi connectivity index (χ1) is 5.61. The monoisotopic (exact) mass is 166 g/mol. The standard InChI is InChI=1S/C8H10N2O2/c1-6-5-9-10(2)7(6)3-4-8(11)12/h3-5H,1-2H3,(H,11,12). The van der Waals surface area contributed by atoms with Gasteiger partial charge in [0.25, 0.3) is 0 Å². The number of carboxylic acids is 1. The number of nitrogens with zero attached hydrogens (tertiary/aromatic N) is 2. The maximum absolute atomic E-state index is 10.2. The first-order valence-electron chi connectivity index (χ1n) is 3.51. The van der Waals surface area contributed by atoms with Gasteiger partial charge in [-0.15, -0.1) is 0 Å². The summed E-state index contributed by atoms with van der Waals surface area (Å²) in [6.07, 6.45) is 4.33. The summed E-state index contributed by atoms with van der Waals surface area (Å²) in [5, 5.41) is 12.3. The molecule has 1 aromatic rings. The topological polar surface area (TPSA) is 55.1 Å². The Morgan fingerprint density at radius 2 is 2.42 bits per heavy atom. The molecule has 1 rings (SSSR count). The molecule has 64 valence electrons. The van der Waals surface area contributed by atoms with Crippen LogP contribution in [0.5, 0.6) is 0 Å². The third-order valence-electron chi connectivity index (χ3n) is 1.56. The Balaban J connectivity index is 2.95. The average molecular weight is 166 g/mol. The predicted molar refractivity (Wildman–Crippen MR) is 44.6 cm³/mol. The van der Waals surface area contributed by atoms with Crippen molar-refractivity contribution in [1.82, 2.24) is 9.78 Å². The summed E-state index contributed by atoms with van der Waals surface area (Å²) in [6, 6.07) is 0. The molecule has 0 aliphatic heterocycles. The predicted octanol–water partition coefficient (Wildman–Crippen LogP) is 0.826. The molecule has 0 aromatic carbocycles. The zero-order valence-corrected chi connectivity index (χ0v) is 6.98. The highest BCUT2D eigenvalue weighted by Crippen LogP contribution is 2.06. The number of hydrogen-bond donors (Lipinski definition) is 1. The molecular formula is C8H10N2O2. The lowest BCUT2D eigenvalue weighted by Gasteiger charge is -1.94. The van der Waals surface area contributed by atoms with Gasteiger partial charge >= 0.3 is 5.97 Å². The van der Waals surface area contributed by atoms with Crippen molar-refractivity contribution in [3.8, 4) is 0 Å². The van der Waals surface area contributed by atoms with E-state index in [1.54, 1.807) is 17.9 Å². The normalized spacial score (nSPS) is 10.8. The number of aromatic nitrogens is 2. The molecule has 0 radical (unpaired) electrons. The zero-order chi connectivity index (χ0) is 9.14. The van der Waals surface area contributed by atoms with Gasteiger partial charge in [0.05, 0.1) is 11.9 Å². The van der Waals surface area contributed by atoms with Crippen LogP contribution in [0.1, 0.15) is 11.3 Å². The number of carbonyl (C=O) groups is 1. The van der Waals surface area contributed by atoms with Gasteiger partial charge in [-0.2, -0.15) is 5.10 Å². The largest absolute Gasteiger partial charge is 0.478 e. The third kappa shape index (κ3) is 1.72. The number of hydrogen-bond acceptors (Lipinski definition) is 2. The zero-order valence-electron chi connectivity index (χ0n) is 6.98. The molecule has 0 aliphatic carbocycles. The van der Waals surface area contributed by atoms with E-state index < -0.39 is 5.97 Å². The van der Waals surface area contributed by atoms with Crippen LogP contribution in [0, 0.1) is 6.92 Å². The molecule has 4 nitrogen and oxygen atoms in total. The van der Waals surface area contributed by atoms with E-state index in [-0.39, 0.29) is 0 Å². The van der Waals surface area contributed by atoms with Crippen molar-refractivity contribution in [2.24, 2.45) is 7.05 Å². The lowest BCUT2D eigenvalue weighted by Crippen LogP contribution is -1.94. The van der Waals surface area contributed by atoms with E-state index in [4.69, 9.17) is 5.11 Å². The van der Waals surface area contributed by atoms with Crippen LogP contribution in [0.3, 0.4) is 0 Å². The van der Waals surface area contributed by atoms with Gasteiger partial charge in [-0.1, -0.05) is 0 Å². The first-order valence-corrected chi connectivity index (χ1v) is 3.51. The van der Waals surface area contributed by atoms with Crippen molar-refractivity contribution >= 4 is 12.0 Å². The Morgan fingerprint density at radius 1 is 1.75 bits per heavy atom. The SMILES string of the molecule is Cc1cnn(C)c1C=CC(=O)O. The Morgan fingerprint density at radius 3 is 2.83 bits per heavy atom. The Hall–Kier alpha value is -1.58. The van der Waals surface area contributed by atoms with Gasteiger partial charge in [-0.3, -0.25) is 4.68 Å². The molecule has 0 atom stereocenters. The van der Waals surface area contributed by atoms with Crippen molar-refractivity contribution in [2.75, 3.05) is 0 Å². The van der Waals surface area contributed by atoms with Crippen molar-refractivity contribution in [3.05, 3.63) is 23.5 Å². The van der Waals surface area contributed by atoms with E-state index in [2.05, 4.69) is 5.10 Å². The molecule has 0 unspecified atom stereocenters. The summed E-state index contributed by atoms with van der Waals surface area (Å²) >= 11 is 0. The van der Waals surface area contributed by atoms with E-state index in [1.807, 2.05) is 6.92 Å². The highest BCUT2D eigenvalue weighted by atomic mass is 16.4. The second kappa shape index (κ2) is 3.21. The maximum Gasteiger partial charge on any atom is 0.328 e. The number of carboxylic acid groups (broad SMARTS) is 1. The summed E-state index contributed by atoms with van der Waals surface area (Å²) in [5.41, 5.74) is 1.78. The van der Waals surface area contributed by atoms with E-state index >= 15 is 0 Å². The number of rotatable bonds is 2. The first kappa shape index (κ1) is 8.52. The van der Waals surface area contributed by atoms with Crippen molar-refractivity contribution in [2.45, 2.75) is 6.92 Å². The van der Waals surface area contributed by atoms with Crippen molar-refractivity contribution in [1.29, 1.82) is 0 Å². The van der Waals surface area contributed by atoms with Gasteiger partial charge in [0.2, 0.25) is 0 Å². The smallest absolute Gasteiger partial charge is 0.328 e. The van der Waals surface area contributed by atoms with Gasteiger partial charge in [0, 0.05) is 13.1 Å². The van der Waals surface area contributed by atoms with Crippen LogP contribution >= 0.6 is 0 Å². The Bertz CT molecular complexity index is 306. The lowest BCUT2D eigenvalue weighted by atomic mass is 10.2. The van der Waals surface area contributed by atoms with Crippen LogP contribution in [-0.2, 0) is 11.8 Å². The van der Waals surface area contributed by atoms with Gasteiger partial charge in [0.15, 0.2) is 0 Å². The minimum absolute atomic E-state index is 0.817. The summed E-state index contributed by atoms with van der Waals surface area (Å²) in [5.74, 6) is -0.949. The van der Waals surface area contributed by atoms with E-state index in [9.17, 15) is 4.79 Å². The van der Waals surface area contributed by atoms with Gasteiger partial charge < -0.3 is 5.11 Å². The van der Waals surface area contributed by atoms with Gasteiger partial charge in [-0.25, -0.2) is 4.79 Å². The molecule has 1 heterocycles. The second-order valence-electron chi connectivity index (χ2n) is 2.51. The quantitative estimate of drug-likeness (QED) is 0.662. The summed E-state index contributed by atoms with van der Waals surface area (Å²) in [6.45, 7) is 1.88.